The Hall–Kier alpha value is -3.81. The quantitative estimate of drug-likeness (QED) is 0.519. The highest BCUT2D eigenvalue weighted by Crippen LogP contribution is 2.21. The molecule has 0 aliphatic rings. The molecule has 146 valence electrons. The van der Waals surface area contributed by atoms with E-state index in [1.54, 1.807) is 29.3 Å². The summed E-state index contributed by atoms with van der Waals surface area (Å²) in [6.07, 6.45) is 5.33. The second-order valence-corrected chi connectivity index (χ2v) is 6.46. The van der Waals surface area contributed by atoms with E-state index in [0.29, 0.717) is 24.6 Å². The van der Waals surface area contributed by atoms with Gasteiger partial charge >= 0.3 is 0 Å². The predicted molar refractivity (Wildman–Crippen MR) is 104 cm³/mol. The van der Waals surface area contributed by atoms with Crippen LogP contribution < -0.4 is 5.32 Å². The smallest absolute Gasteiger partial charge is 0.224 e. The fraction of sp³-hybridized carbons (Fsp3) is 0.143. The lowest BCUT2D eigenvalue weighted by atomic mass is 10.2. The van der Waals surface area contributed by atoms with Crippen LogP contribution >= 0.6 is 0 Å². The molecule has 1 amide bonds. The molecule has 4 aromatic rings. The average Bonchev–Trinajstić information content (AvgIpc) is 3.41. The lowest BCUT2D eigenvalue weighted by molar-refractivity contribution is -0.116. The van der Waals surface area contributed by atoms with Crippen LogP contribution in [-0.2, 0) is 17.8 Å². The minimum Gasteiger partial charge on any atom is -0.441 e. The van der Waals surface area contributed by atoms with Gasteiger partial charge in [0.1, 0.15) is 18.5 Å². The van der Waals surface area contributed by atoms with Crippen molar-refractivity contribution in [2.45, 2.75) is 19.4 Å². The highest BCUT2D eigenvalue weighted by molar-refractivity contribution is 5.90. The number of amides is 1. The number of aromatic nitrogens is 4. The van der Waals surface area contributed by atoms with Gasteiger partial charge in [0, 0.05) is 24.1 Å². The lowest BCUT2D eigenvalue weighted by Crippen LogP contribution is -2.12. The molecule has 0 atom stereocenters. The molecule has 0 aliphatic carbocycles. The molecule has 8 heteroatoms. The molecule has 29 heavy (non-hydrogen) atoms. The number of nitrogens with one attached hydrogen (secondary N) is 1. The molecule has 0 spiro atoms. The number of halogens is 1. The molecule has 0 fully saturated rings. The minimum atomic E-state index is -0.309. The first-order valence-corrected chi connectivity index (χ1v) is 9.07. The summed E-state index contributed by atoms with van der Waals surface area (Å²) in [6, 6.07) is 13.5. The third-order valence-corrected chi connectivity index (χ3v) is 4.30. The van der Waals surface area contributed by atoms with Crippen LogP contribution in [0.1, 0.15) is 17.9 Å². The zero-order valence-corrected chi connectivity index (χ0v) is 15.5. The van der Waals surface area contributed by atoms with Crippen LogP contribution in [0, 0.1) is 5.82 Å². The van der Waals surface area contributed by atoms with E-state index in [1.165, 1.54) is 18.5 Å². The van der Waals surface area contributed by atoms with E-state index in [9.17, 15) is 9.18 Å². The number of anilines is 1. The third kappa shape index (κ3) is 4.92. The molecule has 0 radical (unpaired) electrons. The molecular weight excluding hydrogens is 373 g/mol. The van der Waals surface area contributed by atoms with Crippen molar-refractivity contribution in [1.82, 2.24) is 19.7 Å². The first kappa shape index (κ1) is 18.5. The molecule has 0 aliphatic heterocycles. The van der Waals surface area contributed by atoms with Crippen molar-refractivity contribution >= 4 is 11.6 Å². The molecule has 1 N–H and O–H groups in total. The maximum atomic E-state index is 13.0. The van der Waals surface area contributed by atoms with Crippen molar-refractivity contribution in [3.8, 4) is 11.3 Å². The minimum absolute atomic E-state index is 0.129. The molecule has 2 aromatic carbocycles. The Balaban J connectivity index is 1.28. The Kier molecular flexibility index (Phi) is 5.42. The highest BCUT2D eigenvalue weighted by atomic mass is 19.1. The molecule has 0 unspecified atom stereocenters. The molecular formula is C21H18FN5O2. The van der Waals surface area contributed by atoms with Crippen molar-refractivity contribution in [2.75, 3.05) is 5.32 Å². The van der Waals surface area contributed by atoms with Gasteiger partial charge in [0.2, 0.25) is 5.91 Å². The molecule has 0 saturated carbocycles. The fourth-order valence-corrected chi connectivity index (χ4v) is 2.81. The summed E-state index contributed by atoms with van der Waals surface area (Å²) in [6.45, 7) is 0.620. The second-order valence-electron chi connectivity index (χ2n) is 6.46. The molecule has 2 heterocycles. The number of nitrogens with zero attached hydrogens (tertiary/aromatic N) is 4. The van der Waals surface area contributed by atoms with Crippen LogP contribution in [0.25, 0.3) is 11.3 Å². The lowest BCUT2D eigenvalue weighted by Gasteiger charge is -2.06. The molecule has 2 aromatic heterocycles. The van der Waals surface area contributed by atoms with Crippen LogP contribution in [0.5, 0.6) is 0 Å². The normalized spacial score (nSPS) is 10.8. The number of benzene rings is 2. The molecule has 0 bridgehead atoms. The Morgan fingerprint density at radius 2 is 1.90 bits per heavy atom. The number of hydrogen-bond donors (Lipinski definition) is 1. The third-order valence-electron chi connectivity index (χ3n) is 4.30. The van der Waals surface area contributed by atoms with Gasteiger partial charge in [-0.1, -0.05) is 12.1 Å². The Bertz CT molecular complexity index is 1070. The standard InChI is InChI=1S/C21H18FN5O2/c22-17-5-3-16(4-6-17)19-11-24-21(29-19)10-9-20(28)26-18-7-1-15(2-8-18)12-27-14-23-13-25-27/h1-8,11,13-14H,9-10,12H2,(H,26,28). The van der Waals surface area contributed by atoms with Gasteiger partial charge in [-0.3, -0.25) is 4.79 Å². The van der Waals surface area contributed by atoms with Gasteiger partial charge in [-0.05, 0) is 42.0 Å². The van der Waals surface area contributed by atoms with E-state index in [0.717, 1.165) is 16.8 Å². The van der Waals surface area contributed by atoms with Gasteiger partial charge in [0.05, 0.1) is 12.7 Å². The first-order chi connectivity index (χ1) is 14.2. The van der Waals surface area contributed by atoms with Crippen molar-refractivity contribution in [3.63, 3.8) is 0 Å². The summed E-state index contributed by atoms with van der Waals surface area (Å²) < 4.78 is 20.4. The van der Waals surface area contributed by atoms with Crippen molar-refractivity contribution in [3.05, 3.63) is 84.7 Å². The summed E-state index contributed by atoms with van der Waals surface area (Å²) in [5.41, 5.74) is 2.51. The zero-order chi connectivity index (χ0) is 20.1. The SMILES string of the molecule is O=C(CCc1ncc(-c2ccc(F)cc2)o1)Nc1ccc(Cn2cncn2)cc1. The fourth-order valence-electron chi connectivity index (χ4n) is 2.81. The van der Waals surface area contributed by atoms with Gasteiger partial charge in [-0.25, -0.2) is 19.0 Å². The zero-order valence-electron chi connectivity index (χ0n) is 15.5. The molecule has 7 nitrogen and oxygen atoms in total. The van der Waals surface area contributed by atoms with E-state index in [-0.39, 0.29) is 18.1 Å². The van der Waals surface area contributed by atoms with Gasteiger partial charge in [-0.2, -0.15) is 5.10 Å². The van der Waals surface area contributed by atoms with Gasteiger partial charge < -0.3 is 9.73 Å². The highest BCUT2D eigenvalue weighted by Gasteiger charge is 2.10. The maximum absolute atomic E-state index is 13.0. The van der Waals surface area contributed by atoms with E-state index in [2.05, 4.69) is 20.4 Å². The average molecular weight is 391 g/mol. The Labute approximate surface area is 166 Å². The van der Waals surface area contributed by atoms with E-state index >= 15 is 0 Å². The van der Waals surface area contributed by atoms with Gasteiger partial charge in [-0.15, -0.1) is 0 Å². The summed E-state index contributed by atoms with van der Waals surface area (Å²) in [7, 11) is 0. The van der Waals surface area contributed by atoms with Crippen molar-refractivity contribution < 1.29 is 13.6 Å². The van der Waals surface area contributed by atoms with Crippen LogP contribution in [0.4, 0.5) is 10.1 Å². The number of aryl methyl sites for hydroxylation is 1. The number of carbonyl (C=O) groups excluding carboxylic acids is 1. The summed E-state index contributed by atoms with van der Waals surface area (Å²) in [5.74, 6) is 0.568. The molecule has 4 rings (SSSR count). The van der Waals surface area contributed by atoms with E-state index in [4.69, 9.17) is 4.42 Å². The number of hydrogen-bond acceptors (Lipinski definition) is 5. The predicted octanol–water partition coefficient (Wildman–Crippen LogP) is 3.69. The summed E-state index contributed by atoms with van der Waals surface area (Å²) in [4.78, 5) is 20.3. The number of oxazole rings is 1. The largest absolute Gasteiger partial charge is 0.441 e. The Morgan fingerprint density at radius 3 is 2.62 bits per heavy atom. The number of carbonyl (C=O) groups is 1. The van der Waals surface area contributed by atoms with Crippen LogP contribution in [0.3, 0.4) is 0 Å². The van der Waals surface area contributed by atoms with Crippen LogP contribution in [-0.4, -0.2) is 25.7 Å². The second kappa shape index (κ2) is 8.47. The van der Waals surface area contributed by atoms with Crippen molar-refractivity contribution in [2.24, 2.45) is 0 Å². The van der Waals surface area contributed by atoms with Crippen molar-refractivity contribution in [1.29, 1.82) is 0 Å². The topological polar surface area (TPSA) is 85.8 Å². The maximum Gasteiger partial charge on any atom is 0.224 e. The van der Waals surface area contributed by atoms with Gasteiger partial charge in [0.15, 0.2) is 11.7 Å². The van der Waals surface area contributed by atoms with Gasteiger partial charge in [0.25, 0.3) is 0 Å². The molecule has 0 saturated heterocycles. The van der Waals surface area contributed by atoms with E-state index in [1.807, 2.05) is 24.3 Å². The summed E-state index contributed by atoms with van der Waals surface area (Å²) in [5, 5.41) is 6.92. The summed E-state index contributed by atoms with van der Waals surface area (Å²) >= 11 is 0. The Morgan fingerprint density at radius 1 is 1.10 bits per heavy atom. The van der Waals surface area contributed by atoms with Crippen LogP contribution in [0.15, 0.2) is 71.8 Å². The first-order valence-electron chi connectivity index (χ1n) is 9.07. The monoisotopic (exact) mass is 391 g/mol. The van der Waals surface area contributed by atoms with Crippen LogP contribution in [0.2, 0.25) is 0 Å². The number of rotatable bonds is 7. The van der Waals surface area contributed by atoms with E-state index < -0.39 is 0 Å².